The van der Waals surface area contributed by atoms with Gasteiger partial charge in [0.1, 0.15) is 0 Å². The minimum atomic E-state index is -0.0769. The van der Waals surface area contributed by atoms with Crippen molar-refractivity contribution in [3.8, 4) is 0 Å². The molecule has 2 aromatic rings. The maximum atomic E-state index is 12.3. The van der Waals surface area contributed by atoms with E-state index in [1.807, 2.05) is 30.3 Å². The molecule has 2 heterocycles. The van der Waals surface area contributed by atoms with Gasteiger partial charge in [-0.3, -0.25) is 9.78 Å². The summed E-state index contributed by atoms with van der Waals surface area (Å²) in [6.07, 6.45) is 9.32. The largest absolute Gasteiger partial charge is 0.344 e. The van der Waals surface area contributed by atoms with Crippen LogP contribution in [-0.4, -0.2) is 35.4 Å². The van der Waals surface area contributed by atoms with Gasteiger partial charge in [-0.2, -0.15) is 0 Å². The zero-order valence-electron chi connectivity index (χ0n) is 13.8. The molecule has 1 saturated heterocycles. The monoisotopic (exact) mass is 321 g/mol. The Morgan fingerprint density at radius 3 is 2.67 bits per heavy atom. The van der Waals surface area contributed by atoms with E-state index in [1.54, 1.807) is 24.5 Å². The van der Waals surface area contributed by atoms with Crippen molar-refractivity contribution in [2.75, 3.05) is 19.6 Å². The van der Waals surface area contributed by atoms with E-state index in [9.17, 15) is 4.79 Å². The van der Waals surface area contributed by atoms with Crippen molar-refractivity contribution in [1.82, 2.24) is 15.2 Å². The molecular weight excluding hydrogens is 298 g/mol. The van der Waals surface area contributed by atoms with Crippen LogP contribution in [0.3, 0.4) is 0 Å². The number of carbonyl (C=O) groups is 1. The number of benzene rings is 1. The third-order valence-electron chi connectivity index (χ3n) is 4.27. The number of hydrogen-bond donors (Lipinski definition) is 1. The van der Waals surface area contributed by atoms with Crippen molar-refractivity contribution in [3.63, 3.8) is 0 Å². The van der Waals surface area contributed by atoms with E-state index in [1.165, 1.54) is 12.8 Å². The highest BCUT2D eigenvalue weighted by Crippen LogP contribution is 2.17. The molecule has 1 fully saturated rings. The van der Waals surface area contributed by atoms with Gasteiger partial charge in [0.2, 0.25) is 5.91 Å². The Bertz CT molecular complexity index is 664. The molecule has 0 spiro atoms. The van der Waals surface area contributed by atoms with Gasteiger partial charge in [-0.1, -0.05) is 36.4 Å². The maximum Gasteiger partial charge on any atom is 0.244 e. The van der Waals surface area contributed by atoms with Crippen molar-refractivity contribution < 1.29 is 4.79 Å². The summed E-state index contributed by atoms with van der Waals surface area (Å²) in [7, 11) is 0. The van der Waals surface area contributed by atoms with E-state index in [4.69, 9.17) is 0 Å². The molecule has 1 aliphatic heterocycles. The molecule has 24 heavy (non-hydrogen) atoms. The van der Waals surface area contributed by atoms with Crippen molar-refractivity contribution in [2.45, 2.75) is 18.9 Å². The average Bonchev–Trinajstić information content (AvgIpc) is 3.14. The fourth-order valence-corrected chi connectivity index (χ4v) is 3.01. The Morgan fingerprint density at radius 1 is 1.17 bits per heavy atom. The van der Waals surface area contributed by atoms with Gasteiger partial charge in [-0.25, -0.2) is 0 Å². The number of nitrogens with zero attached hydrogens (tertiary/aromatic N) is 2. The first-order valence-electron chi connectivity index (χ1n) is 8.47. The first-order chi connectivity index (χ1) is 11.8. The molecule has 0 saturated carbocycles. The standard InChI is InChI=1S/C20H23N3O/c24-20(11-10-17-7-6-12-21-15-17)22-19(16-23-13-4-5-14-23)18-8-2-1-3-9-18/h1-3,6-12,15,19H,4-5,13-14,16H2,(H,22,24)/b11-10+. The Kier molecular flexibility index (Phi) is 5.75. The number of carbonyl (C=O) groups excluding carboxylic acids is 1. The van der Waals surface area contributed by atoms with E-state index in [0.29, 0.717) is 0 Å². The summed E-state index contributed by atoms with van der Waals surface area (Å²) in [5.74, 6) is -0.0769. The summed E-state index contributed by atoms with van der Waals surface area (Å²) in [4.78, 5) is 18.8. The smallest absolute Gasteiger partial charge is 0.244 e. The molecule has 1 aromatic carbocycles. The number of aromatic nitrogens is 1. The molecule has 1 aromatic heterocycles. The van der Waals surface area contributed by atoms with Crippen LogP contribution in [0.4, 0.5) is 0 Å². The van der Waals surface area contributed by atoms with Crippen LogP contribution >= 0.6 is 0 Å². The predicted molar refractivity (Wildman–Crippen MR) is 96.3 cm³/mol. The number of nitrogens with one attached hydrogen (secondary N) is 1. The number of amides is 1. The number of hydrogen-bond acceptors (Lipinski definition) is 3. The average molecular weight is 321 g/mol. The van der Waals surface area contributed by atoms with Crippen LogP contribution in [0.25, 0.3) is 6.08 Å². The molecule has 4 heteroatoms. The normalized spacial score (nSPS) is 16.3. The van der Waals surface area contributed by atoms with E-state index in [-0.39, 0.29) is 11.9 Å². The van der Waals surface area contributed by atoms with Gasteiger partial charge in [-0.05, 0) is 49.2 Å². The highest BCUT2D eigenvalue weighted by molar-refractivity contribution is 5.91. The lowest BCUT2D eigenvalue weighted by Gasteiger charge is -2.24. The second-order valence-electron chi connectivity index (χ2n) is 6.10. The Balaban J connectivity index is 1.66. The molecule has 0 radical (unpaired) electrons. The highest BCUT2D eigenvalue weighted by Gasteiger charge is 2.19. The van der Waals surface area contributed by atoms with Crippen LogP contribution in [0.2, 0.25) is 0 Å². The summed E-state index contributed by atoms with van der Waals surface area (Å²) < 4.78 is 0. The summed E-state index contributed by atoms with van der Waals surface area (Å²) in [6, 6.07) is 14.0. The fraction of sp³-hybridized carbons (Fsp3) is 0.300. The molecule has 124 valence electrons. The quantitative estimate of drug-likeness (QED) is 0.832. The molecule has 1 amide bonds. The van der Waals surface area contributed by atoms with E-state index < -0.39 is 0 Å². The molecule has 3 rings (SSSR count). The van der Waals surface area contributed by atoms with Gasteiger partial charge in [0.05, 0.1) is 6.04 Å². The predicted octanol–water partition coefficient (Wildman–Crippen LogP) is 3.05. The van der Waals surface area contributed by atoms with E-state index in [2.05, 4.69) is 27.3 Å². The van der Waals surface area contributed by atoms with Crippen molar-refractivity contribution >= 4 is 12.0 Å². The molecule has 1 atom stereocenters. The molecule has 1 unspecified atom stereocenters. The van der Waals surface area contributed by atoms with Gasteiger partial charge in [0.15, 0.2) is 0 Å². The second kappa shape index (κ2) is 8.41. The minimum Gasteiger partial charge on any atom is -0.344 e. The third-order valence-corrected chi connectivity index (χ3v) is 4.27. The van der Waals surface area contributed by atoms with Crippen molar-refractivity contribution in [2.24, 2.45) is 0 Å². The van der Waals surface area contributed by atoms with Crippen LogP contribution in [0.15, 0.2) is 60.9 Å². The molecule has 4 nitrogen and oxygen atoms in total. The zero-order valence-corrected chi connectivity index (χ0v) is 13.8. The molecule has 1 aliphatic rings. The Hall–Kier alpha value is -2.46. The van der Waals surface area contributed by atoms with Crippen LogP contribution in [0, 0.1) is 0 Å². The summed E-state index contributed by atoms with van der Waals surface area (Å²) in [5, 5.41) is 3.14. The van der Waals surface area contributed by atoms with Crippen LogP contribution in [-0.2, 0) is 4.79 Å². The SMILES string of the molecule is O=C(/C=C/c1cccnc1)NC(CN1CCCC1)c1ccccc1. The third kappa shape index (κ3) is 4.77. The van der Waals surface area contributed by atoms with Gasteiger partial charge >= 0.3 is 0 Å². The lowest BCUT2D eigenvalue weighted by atomic mass is 10.1. The lowest BCUT2D eigenvalue weighted by molar-refractivity contribution is -0.117. The maximum absolute atomic E-state index is 12.3. The van der Waals surface area contributed by atoms with Gasteiger partial charge in [-0.15, -0.1) is 0 Å². The van der Waals surface area contributed by atoms with Crippen LogP contribution in [0.5, 0.6) is 0 Å². The first kappa shape index (κ1) is 16.4. The Labute approximate surface area is 143 Å². The topological polar surface area (TPSA) is 45.2 Å². The molecular formula is C20H23N3O. The highest BCUT2D eigenvalue weighted by atomic mass is 16.1. The van der Waals surface area contributed by atoms with Gasteiger partial charge in [0, 0.05) is 25.0 Å². The number of pyridine rings is 1. The summed E-state index contributed by atoms with van der Waals surface area (Å²) in [5.41, 5.74) is 2.07. The van der Waals surface area contributed by atoms with Gasteiger partial charge in [0.25, 0.3) is 0 Å². The van der Waals surface area contributed by atoms with Crippen LogP contribution < -0.4 is 5.32 Å². The second-order valence-corrected chi connectivity index (χ2v) is 6.10. The minimum absolute atomic E-state index is 0.00958. The fourth-order valence-electron chi connectivity index (χ4n) is 3.01. The Morgan fingerprint density at radius 2 is 1.96 bits per heavy atom. The summed E-state index contributed by atoms with van der Waals surface area (Å²) >= 11 is 0. The van der Waals surface area contributed by atoms with Crippen molar-refractivity contribution in [1.29, 1.82) is 0 Å². The first-order valence-corrected chi connectivity index (χ1v) is 8.47. The summed E-state index contributed by atoms with van der Waals surface area (Å²) in [6.45, 7) is 3.09. The number of likely N-dealkylation sites (tertiary alicyclic amines) is 1. The number of rotatable bonds is 6. The van der Waals surface area contributed by atoms with Crippen molar-refractivity contribution in [3.05, 3.63) is 72.1 Å². The van der Waals surface area contributed by atoms with E-state index in [0.717, 1.165) is 30.8 Å². The van der Waals surface area contributed by atoms with E-state index >= 15 is 0 Å². The lowest BCUT2D eigenvalue weighted by Crippen LogP contribution is -2.36. The molecule has 0 bridgehead atoms. The zero-order chi connectivity index (χ0) is 16.6. The van der Waals surface area contributed by atoms with Crippen LogP contribution in [0.1, 0.15) is 30.0 Å². The van der Waals surface area contributed by atoms with Gasteiger partial charge < -0.3 is 10.2 Å². The molecule has 0 aliphatic carbocycles. The molecule has 1 N–H and O–H groups in total.